The Bertz CT molecular complexity index is 412. The first-order chi connectivity index (χ1) is 7.47. The van der Waals surface area contributed by atoms with Crippen LogP contribution in [0, 0.1) is 0 Å². The molecule has 7 heteroatoms. The lowest BCUT2D eigenvalue weighted by Gasteiger charge is -2.07. The van der Waals surface area contributed by atoms with Crippen LogP contribution in [0.4, 0.5) is 8.78 Å². The van der Waals surface area contributed by atoms with E-state index in [9.17, 15) is 18.7 Å². The number of carbonyl (C=O) groups is 1. The average Bonchev–Trinajstić information content (AvgIpc) is 2.20. The monoisotopic (exact) mass is 251 g/mol. The fraction of sp³-hybridized carbons (Fsp3) is 0.333. The van der Waals surface area contributed by atoms with E-state index in [1.165, 1.54) is 0 Å². The summed E-state index contributed by atoms with van der Waals surface area (Å²) >= 11 is 5.43. The predicted octanol–water partition coefficient (Wildman–Crippen LogP) is 2.55. The number of halogens is 3. The lowest BCUT2D eigenvalue weighted by atomic mass is 10.2. The molecule has 0 aliphatic rings. The SMILES string of the molecule is CCOC(=O)c1nc(Cl)c(C(F)F)cc1O. The van der Waals surface area contributed by atoms with E-state index in [1.807, 2.05) is 0 Å². The Morgan fingerprint density at radius 1 is 1.69 bits per heavy atom. The van der Waals surface area contributed by atoms with Gasteiger partial charge in [0.25, 0.3) is 6.43 Å². The molecule has 16 heavy (non-hydrogen) atoms. The van der Waals surface area contributed by atoms with Crippen LogP contribution >= 0.6 is 11.6 Å². The molecule has 1 aromatic heterocycles. The van der Waals surface area contributed by atoms with Crippen molar-refractivity contribution in [3.63, 3.8) is 0 Å². The van der Waals surface area contributed by atoms with Crippen LogP contribution in [-0.2, 0) is 4.74 Å². The van der Waals surface area contributed by atoms with E-state index in [0.29, 0.717) is 6.07 Å². The number of nitrogens with zero attached hydrogens (tertiary/aromatic N) is 1. The molecule has 0 saturated heterocycles. The van der Waals surface area contributed by atoms with Gasteiger partial charge >= 0.3 is 5.97 Å². The first kappa shape index (κ1) is 12.6. The number of pyridine rings is 1. The van der Waals surface area contributed by atoms with E-state index in [-0.39, 0.29) is 6.61 Å². The minimum Gasteiger partial charge on any atom is -0.505 e. The van der Waals surface area contributed by atoms with Gasteiger partial charge in [-0.2, -0.15) is 0 Å². The zero-order valence-electron chi connectivity index (χ0n) is 8.21. The van der Waals surface area contributed by atoms with Crippen LogP contribution in [0.15, 0.2) is 6.07 Å². The van der Waals surface area contributed by atoms with Gasteiger partial charge in [-0.1, -0.05) is 11.6 Å². The van der Waals surface area contributed by atoms with Gasteiger partial charge < -0.3 is 9.84 Å². The summed E-state index contributed by atoms with van der Waals surface area (Å²) in [4.78, 5) is 14.6. The largest absolute Gasteiger partial charge is 0.505 e. The summed E-state index contributed by atoms with van der Waals surface area (Å²) in [6, 6.07) is 0.701. The first-order valence-electron chi connectivity index (χ1n) is 4.32. The van der Waals surface area contributed by atoms with Crippen molar-refractivity contribution in [2.75, 3.05) is 6.61 Å². The molecule has 0 spiro atoms. The number of aromatic hydroxyl groups is 1. The van der Waals surface area contributed by atoms with Crippen molar-refractivity contribution in [1.29, 1.82) is 0 Å². The number of hydrogen-bond acceptors (Lipinski definition) is 4. The van der Waals surface area contributed by atoms with Gasteiger partial charge in [-0.25, -0.2) is 18.6 Å². The number of rotatable bonds is 3. The standard InChI is InChI=1S/C9H8ClF2NO3/c1-2-16-9(15)6-5(14)3-4(8(11)12)7(10)13-6/h3,8,14H,2H2,1H3. The van der Waals surface area contributed by atoms with Gasteiger partial charge in [0.2, 0.25) is 0 Å². The van der Waals surface area contributed by atoms with Crippen molar-refractivity contribution in [2.24, 2.45) is 0 Å². The fourth-order valence-electron chi connectivity index (χ4n) is 0.998. The van der Waals surface area contributed by atoms with Crippen molar-refractivity contribution >= 4 is 17.6 Å². The second-order valence-electron chi connectivity index (χ2n) is 2.76. The molecule has 4 nitrogen and oxygen atoms in total. The molecule has 1 aromatic rings. The molecule has 1 N–H and O–H groups in total. The molecule has 1 rings (SSSR count). The van der Waals surface area contributed by atoms with Crippen molar-refractivity contribution in [3.8, 4) is 5.75 Å². The van der Waals surface area contributed by atoms with E-state index >= 15 is 0 Å². The number of carbonyl (C=O) groups excluding carboxylic acids is 1. The van der Waals surface area contributed by atoms with Crippen molar-refractivity contribution < 1.29 is 23.4 Å². The van der Waals surface area contributed by atoms with Crippen molar-refractivity contribution in [3.05, 3.63) is 22.5 Å². The summed E-state index contributed by atoms with van der Waals surface area (Å²) in [5.41, 5.74) is -1.11. The lowest BCUT2D eigenvalue weighted by Crippen LogP contribution is -2.08. The number of hydrogen-bond donors (Lipinski definition) is 1. The van der Waals surface area contributed by atoms with Gasteiger partial charge in [0.1, 0.15) is 10.9 Å². The molecular formula is C9H8ClF2NO3. The minimum atomic E-state index is -2.87. The molecule has 88 valence electrons. The summed E-state index contributed by atoms with van der Waals surface area (Å²) < 4.78 is 29.2. The molecular weight excluding hydrogens is 244 g/mol. The zero-order valence-corrected chi connectivity index (χ0v) is 8.96. The third kappa shape index (κ3) is 2.57. The summed E-state index contributed by atoms with van der Waals surface area (Å²) in [5.74, 6) is -1.60. The maximum atomic E-state index is 12.3. The molecule has 1 heterocycles. The van der Waals surface area contributed by atoms with Gasteiger partial charge in [0.15, 0.2) is 5.69 Å². The van der Waals surface area contributed by atoms with Gasteiger partial charge in [0, 0.05) is 0 Å². The average molecular weight is 252 g/mol. The highest BCUT2D eigenvalue weighted by Gasteiger charge is 2.21. The summed E-state index contributed by atoms with van der Waals surface area (Å²) in [6.45, 7) is 1.64. The summed E-state index contributed by atoms with van der Waals surface area (Å²) in [7, 11) is 0. The van der Waals surface area contributed by atoms with Crippen LogP contribution in [-0.4, -0.2) is 22.7 Å². The molecule has 0 radical (unpaired) electrons. The first-order valence-corrected chi connectivity index (χ1v) is 4.69. The molecule has 0 atom stereocenters. The summed E-state index contributed by atoms with van der Waals surface area (Å²) in [6.07, 6.45) is -2.87. The summed E-state index contributed by atoms with van der Waals surface area (Å²) in [5, 5.41) is 8.77. The van der Waals surface area contributed by atoms with Crippen LogP contribution in [0.25, 0.3) is 0 Å². The highest BCUT2D eigenvalue weighted by atomic mass is 35.5. The second-order valence-corrected chi connectivity index (χ2v) is 3.12. The van der Waals surface area contributed by atoms with Crippen LogP contribution < -0.4 is 0 Å². The fourth-order valence-corrected chi connectivity index (χ4v) is 1.22. The molecule has 0 aliphatic carbocycles. The number of esters is 1. The zero-order chi connectivity index (χ0) is 12.3. The third-order valence-electron chi connectivity index (χ3n) is 1.69. The Balaban J connectivity index is 3.15. The molecule has 0 unspecified atom stereocenters. The van der Waals surface area contributed by atoms with E-state index in [1.54, 1.807) is 6.92 Å². The van der Waals surface area contributed by atoms with E-state index in [2.05, 4.69) is 9.72 Å². The molecule has 0 bridgehead atoms. The molecule has 0 saturated carbocycles. The van der Waals surface area contributed by atoms with E-state index in [4.69, 9.17) is 11.6 Å². The number of alkyl halides is 2. The maximum Gasteiger partial charge on any atom is 0.360 e. The van der Waals surface area contributed by atoms with Gasteiger partial charge in [-0.3, -0.25) is 0 Å². The molecule has 0 aliphatic heterocycles. The Morgan fingerprint density at radius 3 is 2.81 bits per heavy atom. The second kappa shape index (κ2) is 5.07. The highest BCUT2D eigenvalue weighted by molar-refractivity contribution is 6.30. The maximum absolute atomic E-state index is 12.3. The van der Waals surface area contributed by atoms with Crippen molar-refractivity contribution in [1.82, 2.24) is 4.98 Å². The van der Waals surface area contributed by atoms with Crippen molar-refractivity contribution in [2.45, 2.75) is 13.3 Å². The quantitative estimate of drug-likeness (QED) is 0.662. The van der Waals surface area contributed by atoms with E-state index in [0.717, 1.165) is 0 Å². The van der Waals surface area contributed by atoms with Gasteiger partial charge in [0.05, 0.1) is 12.2 Å². The van der Waals surface area contributed by atoms with Crippen LogP contribution in [0.1, 0.15) is 29.4 Å². The number of ether oxygens (including phenoxy) is 1. The Morgan fingerprint density at radius 2 is 2.31 bits per heavy atom. The Hall–Kier alpha value is -1.43. The molecule has 0 aromatic carbocycles. The molecule has 0 amide bonds. The third-order valence-corrected chi connectivity index (χ3v) is 1.99. The Labute approximate surface area is 94.8 Å². The smallest absolute Gasteiger partial charge is 0.360 e. The lowest BCUT2D eigenvalue weighted by molar-refractivity contribution is 0.0515. The molecule has 0 fully saturated rings. The van der Waals surface area contributed by atoms with Crippen LogP contribution in [0.3, 0.4) is 0 Å². The van der Waals surface area contributed by atoms with Crippen LogP contribution in [0.5, 0.6) is 5.75 Å². The predicted molar refractivity (Wildman–Crippen MR) is 51.8 cm³/mol. The van der Waals surface area contributed by atoms with Crippen LogP contribution in [0.2, 0.25) is 5.15 Å². The normalized spacial score (nSPS) is 10.6. The van der Waals surface area contributed by atoms with Gasteiger partial charge in [-0.05, 0) is 13.0 Å². The van der Waals surface area contributed by atoms with Gasteiger partial charge in [-0.15, -0.1) is 0 Å². The minimum absolute atomic E-state index is 0.0776. The topological polar surface area (TPSA) is 59.4 Å². The highest BCUT2D eigenvalue weighted by Crippen LogP contribution is 2.30. The Kier molecular flexibility index (Phi) is 4.00. The van der Waals surface area contributed by atoms with E-state index < -0.39 is 34.6 Å². The number of aromatic nitrogens is 1.